The average Bonchev–Trinajstić information content (AvgIpc) is 2.59. The standard InChI is InChI=1S/C10H15ClF3NO/c11-5-1-3-8-4-2-6-15(8)9(16)7-10(12,13)14/h8H,1-7H2. The van der Waals surface area contributed by atoms with E-state index in [9.17, 15) is 18.0 Å². The van der Waals surface area contributed by atoms with Gasteiger partial charge in [0.05, 0.1) is 0 Å². The van der Waals surface area contributed by atoms with Crippen LogP contribution in [-0.2, 0) is 4.79 Å². The number of amides is 1. The van der Waals surface area contributed by atoms with Gasteiger partial charge in [-0.1, -0.05) is 0 Å². The monoisotopic (exact) mass is 257 g/mol. The molecule has 1 amide bonds. The van der Waals surface area contributed by atoms with Crippen LogP contribution in [0.25, 0.3) is 0 Å². The van der Waals surface area contributed by atoms with Gasteiger partial charge >= 0.3 is 6.18 Å². The first-order valence-corrected chi connectivity index (χ1v) is 5.89. The van der Waals surface area contributed by atoms with Crippen molar-refractivity contribution in [3.8, 4) is 0 Å². The third kappa shape index (κ3) is 4.20. The summed E-state index contributed by atoms with van der Waals surface area (Å²) in [7, 11) is 0. The average molecular weight is 258 g/mol. The summed E-state index contributed by atoms with van der Waals surface area (Å²) in [5, 5.41) is 0. The minimum atomic E-state index is -4.41. The fraction of sp³-hybridized carbons (Fsp3) is 0.900. The zero-order valence-electron chi connectivity index (χ0n) is 8.89. The zero-order chi connectivity index (χ0) is 12.2. The molecule has 0 aromatic rings. The predicted octanol–water partition coefficient (Wildman–Crippen LogP) is 2.95. The molecular weight excluding hydrogens is 243 g/mol. The lowest BCUT2D eigenvalue weighted by atomic mass is 10.1. The molecule has 94 valence electrons. The van der Waals surface area contributed by atoms with Gasteiger partial charge in [0.2, 0.25) is 5.91 Å². The number of hydrogen-bond donors (Lipinski definition) is 0. The second-order valence-corrected chi connectivity index (χ2v) is 4.38. The first kappa shape index (κ1) is 13.6. The number of alkyl halides is 4. The van der Waals surface area contributed by atoms with Gasteiger partial charge in [-0.05, 0) is 25.7 Å². The van der Waals surface area contributed by atoms with Gasteiger partial charge in [-0.25, -0.2) is 0 Å². The second-order valence-electron chi connectivity index (χ2n) is 4.01. The van der Waals surface area contributed by atoms with E-state index in [0.29, 0.717) is 18.8 Å². The highest BCUT2D eigenvalue weighted by Gasteiger charge is 2.36. The zero-order valence-corrected chi connectivity index (χ0v) is 9.65. The highest BCUT2D eigenvalue weighted by molar-refractivity contribution is 6.17. The summed E-state index contributed by atoms with van der Waals surface area (Å²) in [6, 6.07) is -0.0476. The number of halogens is 4. The normalized spacial score (nSPS) is 21.5. The topological polar surface area (TPSA) is 20.3 Å². The largest absolute Gasteiger partial charge is 0.397 e. The Balaban J connectivity index is 2.47. The van der Waals surface area contributed by atoms with E-state index in [1.807, 2.05) is 0 Å². The fourth-order valence-corrected chi connectivity index (χ4v) is 2.20. The van der Waals surface area contributed by atoms with Gasteiger partial charge in [0, 0.05) is 18.5 Å². The first-order valence-electron chi connectivity index (χ1n) is 5.36. The van der Waals surface area contributed by atoms with Crippen LogP contribution < -0.4 is 0 Å². The Bertz CT molecular complexity index is 245. The molecule has 1 aliphatic heterocycles. The van der Waals surface area contributed by atoms with Gasteiger partial charge in [0.15, 0.2) is 0 Å². The number of rotatable bonds is 4. The smallest absolute Gasteiger partial charge is 0.339 e. The van der Waals surface area contributed by atoms with E-state index < -0.39 is 18.5 Å². The minimum absolute atomic E-state index is 0.0476. The van der Waals surface area contributed by atoms with Crippen molar-refractivity contribution >= 4 is 17.5 Å². The lowest BCUT2D eigenvalue weighted by molar-refractivity contribution is -0.162. The second kappa shape index (κ2) is 5.75. The minimum Gasteiger partial charge on any atom is -0.339 e. The fourth-order valence-electron chi connectivity index (χ4n) is 2.05. The maximum Gasteiger partial charge on any atom is 0.397 e. The third-order valence-corrected chi connectivity index (χ3v) is 2.99. The molecule has 0 aromatic heterocycles. The molecule has 0 N–H and O–H groups in total. The summed E-state index contributed by atoms with van der Waals surface area (Å²) >= 11 is 5.53. The number of likely N-dealkylation sites (tertiary alicyclic amines) is 1. The number of nitrogens with zero attached hydrogens (tertiary/aromatic N) is 1. The van der Waals surface area contributed by atoms with Gasteiger partial charge in [-0.3, -0.25) is 4.79 Å². The lowest BCUT2D eigenvalue weighted by Gasteiger charge is -2.25. The van der Waals surface area contributed by atoms with E-state index in [1.54, 1.807) is 0 Å². The highest BCUT2D eigenvalue weighted by atomic mass is 35.5. The van der Waals surface area contributed by atoms with Crippen LogP contribution in [0.5, 0.6) is 0 Å². The van der Waals surface area contributed by atoms with E-state index in [2.05, 4.69) is 0 Å². The Morgan fingerprint density at radius 3 is 2.69 bits per heavy atom. The SMILES string of the molecule is O=C(CC(F)(F)F)N1CCCC1CCCCl. The maximum atomic E-state index is 12.1. The van der Waals surface area contributed by atoms with Crippen molar-refractivity contribution < 1.29 is 18.0 Å². The van der Waals surface area contributed by atoms with Crippen LogP contribution in [0.2, 0.25) is 0 Å². The van der Waals surface area contributed by atoms with E-state index >= 15 is 0 Å². The van der Waals surface area contributed by atoms with Crippen molar-refractivity contribution in [3.05, 3.63) is 0 Å². The summed E-state index contributed by atoms with van der Waals surface area (Å²) in [5.41, 5.74) is 0. The summed E-state index contributed by atoms with van der Waals surface area (Å²) in [6.45, 7) is 0.446. The summed E-state index contributed by atoms with van der Waals surface area (Å²) in [4.78, 5) is 12.8. The summed E-state index contributed by atoms with van der Waals surface area (Å²) < 4.78 is 36.2. The van der Waals surface area contributed by atoms with Crippen LogP contribution >= 0.6 is 11.6 Å². The van der Waals surface area contributed by atoms with Gasteiger partial charge in [0.1, 0.15) is 6.42 Å². The molecule has 16 heavy (non-hydrogen) atoms. The number of carbonyl (C=O) groups excluding carboxylic acids is 1. The first-order chi connectivity index (χ1) is 7.44. The number of carbonyl (C=O) groups is 1. The van der Waals surface area contributed by atoms with Crippen LogP contribution in [0.15, 0.2) is 0 Å². The Hall–Kier alpha value is -0.450. The Labute approximate surface area is 97.7 Å². The quantitative estimate of drug-likeness (QED) is 0.709. The van der Waals surface area contributed by atoms with Gasteiger partial charge in [-0.15, -0.1) is 11.6 Å². The van der Waals surface area contributed by atoms with Crippen LogP contribution in [0.4, 0.5) is 13.2 Å². The lowest BCUT2D eigenvalue weighted by Crippen LogP contribution is -2.37. The molecule has 2 nitrogen and oxygen atoms in total. The Morgan fingerprint density at radius 1 is 1.44 bits per heavy atom. The Morgan fingerprint density at radius 2 is 2.12 bits per heavy atom. The van der Waals surface area contributed by atoms with Crippen LogP contribution in [0, 0.1) is 0 Å². The van der Waals surface area contributed by atoms with E-state index in [1.165, 1.54) is 4.90 Å². The van der Waals surface area contributed by atoms with Crippen LogP contribution in [0.3, 0.4) is 0 Å². The summed E-state index contributed by atoms with van der Waals surface area (Å²) in [6.07, 6.45) is -2.73. The summed E-state index contributed by atoms with van der Waals surface area (Å²) in [5.74, 6) is -0.317. The van der Waals surface area contributed by atoms with Crippen molar-refractivity contribution in [1.82, 2.24) is 4.90 Å². The van der Waals surface area contributed by atoms with Crippen molar-refractivity contribution in [2.45, 2.75) is 44.3 Å². The van der Waals surface area contributed by atoms with Crippen LogP contribution in [-0.4, -0.2) is 35.4 Å². The molecule has 1 heterocycles. The molecular formula is C10H15ClF3NO. The van der Waals surface area contributed by atoms with Crippen molar-refractivity contribution in [3.63, 3.8) is 0 Å². The Kier molecular flexibility index (Phi) is 4.89. The molecule has 1 saturated heterocycles. The molecule has 1 unspecified atom stereocenters. The predicted molar refractivity (Wildman–Crippen MR) is 55.4 cm³/mol. The molecule has 1 atom stereocenters. The molecule has 1 fully saturated rings. The van der Waals surface area contributed by atoms with E-state index in [0.717, 1.165) is 19.3 Å². The molecule has 0 saturated carbocycles. The van der Waals surface area contributed by atoms with Crippen molar-refractivity contribution in [2.24, 2.45) is 0 Å². The van der Waals surface area contributed by atoms with Gasteiger partial charge < -0.3 is 4.90 Å². The highest BCUT2D eigenvalue weighted by Crippen LogP contribution is 2.26. The van der Waals surface area contributed by atoms with Crippen molar-refractivity contribution in [1.29, 1.82) is 0 Å². The molecule has 1 rings (SSSR count). The van der Waals surface area contributed by atoms with Crippen molar-refractivity contribution in [2.75, 3.05) is 12.4 Å². The molecule has 0 spiro atoms. The molecule has 0 bridgehead atoms. The molecule has 6 heteroatoms. The molecule has 0 aromatic carbocycles. The molecule has 1 aliphatic rings. The van der Waals surface area contributed by atoms with Crippen LogP contribution in [0.1, 0.15) is 32.1 Å². The molecule has 0 radical (unpaired) electrons. The molecule has 0 aliphatic carbocycles. The van der Waals surface area contributed by atoms with Gasteiger partial charge in [-0.2, -0.15) is 13.2 Å². The maximum absolute atomic E-state index is 12.1. The van der Waals surface area contributed by atoms with E-state index in [4.69, 9.17) is 11.6 Å². The van der Waals surface area contributed by atoms with Gasteiger partial charge in [0.25, 0.3) is 0 Å². The third-order valence-electron chi connectivity index (χ3n) is 2.72. The number of hydrogen-bond acceptors (Lipinski definition) is 1. The van der Waals surface area contributed by atoms with E-state index in [-0.39, 0.29) is 6.04 Å².